The molecule has 94 valence electrons. The van der Waals surface area contributed by atoms with Gasteiger partial charge in [-0.05, 0) is 51.3 Å². The molecule has 0 aliphatic rings. The van der Waals surface area contributed by atoms with Gasteiger partial charge in [-0.25, -0.2) is 0 Å². The van der Waals surface area contributed by atoms with Crippen LogP contribution < -0.4 is 5.43 Å². The van der Waals surface area contributed by atoms with Crippen LogP contribution >= 0.6 is 0 Å². The highest BCUT2D eigenvalue weighted by atomic mass is 16.3. The lowest BCUT2D eigenvalue weighted by Gasteiger charge is -2.07. The van der Waals surface area contributed by atoms with Crippen LogP contribution in [0.3, 0.4) is 0 Å². The van der Waals surface area contributed by atoms with Crippen LogP contribution in [0, 0.1) is 13.8 Å². The third-order valence-corrected chi connectivity index (χ3v) is 3.11. The molecule has 1 aromatic carbocycles. The molecule has 0 saturated carbocycles. The van der Waals surface area contributed by atoms with E-state index in [0.29, 0.717) is 11.1 Å². The standard InChI is InChI=1S/C16H18O2/c1-10(2)5-6-13-7-8-14-15(17)9-11(3)18-16(14)12(13)4/h5,7-9H,6H2,1-4H3. The van der Waals surface area contributed by atoms with Gasteiger partial charge in [-0.3, -0.25) is 4.79 Å². The first kappa shape index (κ1) is 12.6. The molecule has 0 fully saturated rings. The highest BCUT2D eigenvalue weighted by Gasteiger charge is 2.08. The summed E-state index contributed by atoms with van der Waals surface area (Å²) in [7, 11) is 0. The van der Waals surface area contributed by atoms with Crippen molar-refractivity contribution in [2.75, 3.05) is 0 Å². The Hall–Kier alpha value is -1.83. The first-order valence-electron chi connectivity index (χ1n) is 6.15. The summed E-state index contributed by atoms with van der Waals surface area (Å²) in [6.45, 7) is 7.99. The zero-order valence-corrected chi connectivity index (χ0v) is 11.3. The second kappa shape index (κ2) is 4.81. The van der Waals surface area contributed by atoms with Crippen LogP contribution in [0.1, 0.15) is 30.7 Å². The maximum absolute atomic E-state index is 11.9. The predicted octanol–water partition coefficient (Wildman–Crippen LogP) is 3.92. The van der Waals surface area contributed by atoms with Crippen molar-refractivity contribution in [1.82, 2.24) is 0 Å². The monoisotopic (exact) mass is 242 g/mol. The number of benzene rings is 1. The van der Waals surface area contributed by atoms with Gasteiger partial charge < -0.3 is 4.42 Å². The average molecular weight is 242 g/mol. The first-order valence-corrected chi connectivity index (χ1v) is 6.15. The van der Waals surface area contributed by atoms with Gasteiger partial charge in [0.1, 0.15) is 11.3 Å². The van der Waals surface area contributed by atoms with Crippen molar-refractivity contribution >= 4 is 11.0 Å². The van der Waals surface area contributed by atoms with Crippen molar-refractivity contribution in [1.29, 1.82) is 0 Å². The third-order valence-electron chi connectivity index (χ3n) is 3.11. The molecule has 0 amide bonds. The molecule has 2 nitrogen and oxygen atoms in total. The molecule has 2 aromatic rings. The Morgan fingerprint density at radius 2 is 2.00 bits per heavy atom. The Morgan fingerprint density at radius 3 is 2.67 bits per heavy atom. The Morgan fingerprint density at radius 1 is 1.28 bits per heavy atom. The fraction of sp³-hybridized carbons (Fsp3) is 0.312. The van der Waals surface area contributed by atoms with Crippen LogP contribution in [-0.2, 0) is 6.42 Å². The van der Waals surface area contributed by atoms with Gasteiger partial charge in [-0.2, -0.15) is 0 Å². The molecule has 0 aliphatic heterocycles. The molecule has 0 radical (unpaired) electrons. The zero-order valence-electron chi connectivity index (χ0n) is 11.3. The Bertz CT molecular complexity index is 671. The van der Waals surface area contributed by atoms with Crippen molar-refractivity contribution in [3.8, 4) is 0 Å². The second-order valence-corrected chi connectivity index (χ2v) is 4.93. The average Bonchev–Trinajstić information content (AvgIpc) is 2.29. The second-order valence-electron chi connectivity index (χ2n) is 4.93. The van der Waals surface area contributed by atoms with E-state index in [1.807, 2.05) is 26.0 Å². The van der Waals surface area contributed by atoms with Gasteiger partial charge >= 0.3 is 0 Å². The zero-order chi connectivity index (χ0) is 13.3. The maximum Gasteiger partial charge on any atom is 0.192 e. The summed E-state index contributed by atoms with van der Waals surface area (Å²) in [6.07, 6.45) is 3.06. The minimum atomic E-state index is 0.0330. The van der Waals surface area contributed by atoms with E-state index < -0.39 is 0 Å². The topological polar surface area (TPSA) is 30.2 Å². The van der Waals surface area contributed by atoms with Crippen molar-refractivity contribution < 1.29 is 4.42 Å². The van der Waals surface area contributed by atoms with E-state index in [2.05, 4.69) is 19.9 Å². The van der Waals surface area contributed by atoms with E-state index in [1.54, 1.807) is 0 Å². The van der Waals surface area contributed by atoms with E-state index >= 15 is 0 Å². The largest absolute Gasteiger partial charge is 0.461 e. The van der Waals surface area contributed by atoms with E-state index in [-0.39, 0.29) is 5.43 Å². The molecular weight excluding hydrogens is 224 g/mol. The SMILES string of the molecule is CC(C)=CCc1ccc2c(=O)cc(C)oc2c1C. The van der Waals surface area contributed by atoms with Crippen molar-refractivity contribution in [2.24, 2.45) is 0 Å². The fourth-order valence-electron chi connectivity index (χ4n) is 2.05. The van der Waals surface area contributed by atoms with E-state index in [4.69, 9.17) is 4.42 Å². The number of rotatable bonds is 2. The molecule has 0 bridgehead atoms. The number of allylic oxidation sites excluding steroid dienone is 2. The number of fused-ring (bicyclic) bond motifs is 1. The summed E-state index contributed by atoms with van der Waals surface area (Å²) in [6, 6.07) is 5.42. The molecular formula is C16H18O2. The lowest BCUT2D eigenvalue weighted by molar-refractivity contribution is 0.562. The summed E-state index contributed by atoms with van der Waals surface area (Å²) in [4.78, 5) is 11.9. The normalized spacial score (nSPS) is 10.7. The Kier molecular flexibility index (Phi) is 3.37. The third kappa shape index (κ3) is 2.37. The van der Waals surface area contributed by atoms with Crippen molar-refractivity contribution in [2.45, 2.75) is 34.1 Å². The molecule has 0 N–H and O–H groups in total. The highest BCUT2D eigenvalue weighted by Crippen LogP contribution is 2.21. The highest BCUT2D eigenvalue weighted by molar-refractivity contribution is 5.80. The van der Waals surface area contributed by atoms with E-state index in [0.717, 1.165) is 17.6 Å². The molecule has 0 saturated heterocycles. The minimum Gasteiger partial charge on any atom is -0.461 e. The van der Waals surface area contributed by atoms with Gasteiger partial charge in [-0.1, -0.05) is 17.7 Å². The molecule has 18 heavy (non-hydrogen) atoms. The molecule has 0 spiro atoms. The lowest BCUT2D eigenvalue weighted by atomic mass is 10.0. The molecule has 0 aliphatic carbocycles. The van der Waals surface area contributed by atoms with Crippen molar-refractivity contribution in [3.05, 3.63) is 57.0 Å². The van der Waals surface area contributed by atoms with Crippen molar-refractivity contribution in [3.63, 3.8) is 0 Å². The van der Waals surface area contributed by atoms with Crippen LogP contribution in [0.2, 0.25) is 0 Å². The molecule has 2 rings (SSSR count). The molecule has 1 heterocycles. The number of hydrogen-bond acceptors (Lipinski definition) is 2. The number of hydrogen-bond donors (Lipinski definition) is 0. The van der Waals surface area contributed by atoms with E-state index in [9.17, 15) is 4.79 Å². The van der Waals surface area contributed by atoms with E-state index in [1.165, 1.54) is 17.2 Å². The van der Waals surface area contributed by atoms with Crippen LogP contribution in [0.15, 0.2) is 39.1 Å². The van der Waals surface area contributed by atoms with Gasteiger partial charge in [0, 0.05) is 6.07 Å². The van der Waals surface area contributed by atoms with Gasteiger partial charge in [0.2, 0.25) is 0 Å². The summed E-state index contributed by atoms with van der Waals surface area (Å²) >= 11 is 0. The minimum absolute atomic E-state index is 0.0330. The van der Waals surface area contributed by atoms with Gasteiger partial charge in [0.25, 0.3) is 0 Å². The summed E-state index contributed by atoms with van der Waals surface area (Å²) < 4.78 is 5.70. The first-order chi connectivity index (χ1) is 8.49. The van der Waals surface area contributed by atoms with Crippen LogP contribution in [0.4, 0.5) is 0 Å². The number of aryl methyl sites for hydroxylation is 2. The predicted molar refractivity (Wildman–Crippen MR) is 75.1 cm³/mol. The quantitative estimate of drug-likeness (QED) is 0.747. The van der Waals surface area contributed by atoms with Crippen LogP contribution in [-0.4, -0.2) is 0 Å². The molecule has 1 aromatic heterocycles. The summed E-state index contributed by atoms with van der Waals surface area (Å²) in [5.41, 5.74) is 4.31. The lowest BCUT2D eigenvalue weighted by Crippen LogP contribution is -2.02. The van der Waals surface area contributed by atoms with Crippen LogP contribution in [0.25, 0.3) is 11.0 Å². The Balaban J connectivity index is 2.64. The molecule has 0 unspecified atom stereocenters. The molecule has 2 heteroatoms. The molecule has 0 atom stereocenters. The summed E-state index contributed by atoms with van der Waals surface area (Å²) in [5.74, 6) is 0.662. The van der Waals surface area contributed by atoms with Gasteiger partial charge in [-0.15, -0.1) is 0 Å². The smallest absolute Gasteiger partial charge is 0.192 e. The maximum atomic E-state index is 11.9. The van der Waals surface area contributed by atoms with Gasteiger partial charge in [0.15, 0.2) is 5.43 Å². The Labute approximate surface area is 107 Å². The summed E-state index contributed by atoms with van der Waals surface area (Å²) in [5, 5.41) is 0.666. The van der Waals surface area contributed by atoms with Crippen LogP contribution in [0.5, 0.6) is 0 Å². The van der Waals surface area contributed by atoms with Gasteiger partial charge in [0.05, 0.1) is 5.39 Å². The fourth-order valence-corrected chi connectivity index (χ4v) is 2.05.